The first kappa shape index (κ1) is 30.4. The van der Waals surface area contributed by atoms with E-state index in [0.717, 1.165) is 0 Å². The molecule has 8 nitrogen and oxygen atoms in total. The Morgan fingerprint density at radius 2 is 0.865 bits per heavy atom. The molecule has 0 aromatic heterocycles. The number of hydrogen-bond acceptors (Lipinski definition) is 8. The van der Waals surface area contributed by atoms with Crippen LogP contribution in [0.2, 0.25) is 0 Å². The Morgan fingerprint density at radius 1 is 0.514 bits per heavy atom. The van der Waals surface area contributed by atoms with Gasteiger partial charge < -0.3 is 28.4 Å². The van der Waals surface area contributed by atoms with Crippen molar-refractivity contribution in [2.24, 2.45) is 0 Å². The summed E-state index contributed by atoms with van der Waals surface area (Å²) in [6, 6.07) is 17.7. The van der Waals surface area contributed by atoms with Gasteiger partial charge in [-0.1, -0.05) is 36.4 Å². The second-order valence-electron chi connectivity index (χ2n) is 9.12. The van der Waals surface area contributed by atoms with E-state index in [9.17, 15) is 9.59 Å². The van der Waals surface area contributed by atoms with Crippen LogP contribution >= 0.6 is 0 Å². The molecule has 2 aromatic rings. The number of esters is 2. The smallest absolute Gasteiger partial charge is 0.338 e. The summed E-state index contributed by atoms with van der Waals surface area (Å²) in [5, 5.41) is 0. The monoisotopic (exact) mass is 516 g/mol. The molecule has 2 rings (SSSR count). The van der Waals surface area contributed by atoms with Crippen molar-refractivity contribution in [3.8, 4) is 0 Å². The molecule has 5 atom stereocenters. The summed E-state index contributed by atoms with van der Waals surface area (Å²) in [4.78, 5) is 24.1. The van der Waals surface area contributed by atoms with Gasteiger partial charge in [-0.05, 0) is 58.9 Å². The summed E-state index contributed by atoms with van der Waals surface area (Å²) in [7, 11) is 0. The summed E-state index contributed by atoms with van der Waals surface area (Å²) >= 11 is 0. The molecule has 2 aromatic carbocycles. The van der Waals surface area contributed by atoms with Crippen LogP contribution in [0.15, 0.2) is 60.7 Å². The molecule has 0 saturated heterocycles. The van der Waals surface area contributed by atoms with E-state index >= 15 is 0 Å². The van der Waals surface area contributed by atoms with Crippen LogP contribution in [0.4, 0.5) is 0 Å². The molecule has 0 aliphatic heterocycles. The Hall–Kier alpha value is -2.78. The van der Waals surface area contributed by atoms with E-state index in [2.05, 4.69) is 0 Å². The van der Waals surface area contributed by atoms with E-state index < -0.39 is 0 Å². The van der Waals surface area contributed by atoms with E-state index in [1.807, 2.05) is 39.8 Å². The maximum Gasteiger partial charge on any atom is 0.338 e. The van der Waals surface area contributed by atoms with Crippen LogP contribution in [0.5, 0.6) is 0 Å². The van der Waals surface area contributed by atoms with Gasteiger partial charge in [-0.3, -0.25) is 0 Å². The topological polar surface area (TPSA) is 89.5 Å². The van der Waals surface area contributed by atoms with Gasteiger partial charge in [0.15, 0.2) is 0 Å². The molecule has 8 heteroatoms. The first-order valence-corrected chi connectivity index (χ1v) is 12.7. The fraction of sp³-hybridized carbons (Fsp3) is 0.517. The van der Waals surface area contributed by atoms with Crippen molar-refractivity contribution in [3.05, 3.63) is 71.8 Å². The lowest BCUT2D eigenvalue weighted by Gasteiger charge is -2.22. The second kappa shape index (κ2) is 16.9. The van der Waals surface area contributed by atoms with Crippen LogP contribution in [-0.2, 0) is 28.4 Å². The molecule has 0 heterocycles. The molecule has 0 amide bonds. The minimum Gasteiger partial charge on any atom is -0.459 e. The molecule has 0 fully saturated rings. The van der Waals surface area contributed by atoms with Crippen molar-refractivity contribution >= 4 is 11.9 Å². The van der Waals surface area contributed by atoms with E-state index in [-0.39, 0.29) is 55.7 Å². The largest absolute Gasteiger partial charge is 0.459 e. The van der Waals surface area contributed by atoms with Crippen LogP contribution in [0.3, 0.4) is 0 Å². The van der Waals surface area contributed by atoms with Gasteiger partial charge in [-0.15, -0.1) is 0 Å². The highest BCUT2D eigenvalue weighted by Crippen LogP contribution is 2.07. The third-order valence-electron chi connectivity index (χ3n) is 5.24. The molecule has 0 N–H and O–H groups in total. The van der Waals surface area contributed by atoms with E-state index in [4.69, 9.17) is 28.4 Å². The van der Waals surface area contributed by atoms with Crippen LogP contribution in [0.1, 0.15) is 55.3 Å². The number of carbonyl (C=O) groups is 2. The van der Waals surface area contributed by atoms with Crippen LogP contribution in [0, 0.1) is 0 Å². The fourth-order valence-electron chi connectivity index (χ4n) is 3.10. The molecular formula is C29H40O8. The Morgan fingerprint density at radius 3 is 1.30 bits per heavy atom. The predicted molar refractivity (Wildman–Crippen MR) is 140 cm³/mol. The minimum atomic E-state index is -0.374. The zero-order chi connectivity index (χ0) is 27.0. The fourth-order valence-corrected chi connectivity index (χ4v) is 3.10. The summed E-state index contributed by atoms with van der Waals surface area (Å²) in [6.07, 6.45) is -1.07. The molecule has 0 spiro atoms. The standard InChI is InChI=1S/C29H40O8/c1-21(33-18-23(3)35-20-25(5)37-29(31)27-14-10-7-11-15-27)16-32-22(2)17-34-24(4)19-36-28(30)26-12-8-6-9-13-26/h6-15,21-25H,16-20H2,1-5H3. The summed E-state index contributed by atoms with van der Waals surface area (Å²) in [5.41, 5.74) is 1.03. The Bertz CT molecular complexity index is 905. The second-order valence-corrected chi connectivity index (χ2v) is 9.12. The van der Waals surface area contributed by atoms with Crippen molar-refractivity contribution in [1.29, 1.82) is 0 Å². The number of ether oxygens (including phenoxy) is 6. The van der Waals surface area contributed by atoms with Crippen molar-refractivity contribution in [2.75, 3.05) is 33.0 Å². The number of carbonyl (C=O) groups excluding carboxylic acids is 2. The molecule has 0 aliphatic carbocycles. The maximum atomic E-state index is 12.1. The molecule has 5 unspecified atom stereocenters. The van der Waals surface area contributed by atoms with Gasteiger partial charge >= 0.3 is 11.9 Å². The lowest BCUT2D eigenvalue weighted by molar-refractivity contribution is -0.0949. The van der Waals surface area contributed by atoms with Gasteiger partial charge in [0.05, 0.1) is 62.0 Å². The Balaban J connectivity index is 1.52. The normalized spacial score (nSPS) is 15.3. The zero-order valence-electron chi connectivity index (χ0n) is 22.5. The van der Waals surface area contributed by atoms with Crippen LogP contribution in [0.25, 0.3) is 0 Å². The molecule has 0 radical (unpaired) electrons. The average molecular weight is 517 g/mol. The molecule has 0 aliphatic rings. The van der Waals surface area contributed by atoms with E-state index in [1.165, 1.54) is 0 Å². The molecule has 0 saturated carbocycles. The highest BCUT2D eigenvalue weighted by atomic mass is 16.6. The van der Waals surface area contributed by atoms with Gasteiger partial charge in [0.25, 0.3) is 0 Å². The minimum absolute atomic E-state index is 0.133. The molecular weight excluding hydrogens is 476 g/mol. The van der Waals surface area contributed by atoms with Crippen molar-refractivity contribution in [3.63, 3.8) is 0 Å². The third kappa shape index (κ3) is 12.8. The van der Waals surface area contributed by atoms with E-state index in [0.29, 0.717) is 30.9 Å². The van der Waals surface area contributed by atoms with E-state index in [1.54, 1.807) is 55.5 Å². The van der Waals surface area contributed by atoms with Gasteiger partial charge in [0.1, 0.15) is 12.7 Å². The summed E-state index contributed by atoms with van der Waals surface area (Å²) < 4.78 is 33.8. The number of hydrogen-bond donors (Lipinski definition) is 0. The van der Waals surface area contributed by atoms with Gasteiger partial charge in [0, 0.05) is 0 Å². The first-order chi connectivity index (χ1) is 17.7. The Kier molecular flexibility index (Phi) is 13.9. The number of rotatable bonds is 17. The summed E-state index contributed by atoms with van der Waals surface area (Å²) in [6.45, 7) is 11.0. The zero-order valence-corrected chi connectivity index (χ0v) is 22.5. The molecule has 37 heavy (non-hydrogen) atoms. The SMILES string of the molecule is CC(COC(=O)c1ccccc1)OCC(C)OCC(C)OCC(C)OCC(C)OC(=O)c1ccccc1. The predicted octanol–water partition coefficient (Wildman–Crippen LogP) is 4.71. The average Bonchev–Trinajstić information content (AvgIpc) is 2.92. The number of benzene rings is 2. The lowest BCUT2D eigenvalue weighted by atomic mass is 10.2. The highest BCUT2D eigenvalue weighted by Gasteiger charge is 2.15. The lowest BCUT2D eigenvalue weighted by Crippen LogP contribution is -2.29. The van der Waals surface area contributed by atoms with Gasteiger partial charge in [-0.25, -0.2) is 9.59 Å². The molecule has 0 bridgehead atoms. The van der Waals surface area contributed by atoms with Crippen molar-refractivity contribution in [2.45, 2.75) is 65.1 Å². The van der Waals surface area contributed by atoms with Gasteiger partial charge in [0.2, 0.25) is 0 Å². The van der Waals surface area contributed by atoms with Gasteiger partial charge in [-0.2, -0.15) is 0 Å². The van der Waals surface area contributed by atoms with Crippen LogP contribution in [-0.4, -0.2) is 75.5 Å². The Labute approximate surface area is 220 Å². The highest BCUT2D eigenvalue weighted by molar-refractivity contribution is 5.89. The molecule has 204 valence electrons. The maximum absolute atomic E-state index is 12.1. The van der Waals surface area contributed by atoms with Crippen LogP contribution < -0.4 is 0 Å². The quantitative estimate of drug-likeness (QED) is 0.279. The third-order valence-corrected chi connectivity index (χ3v) is 5.24. The van der Waals surface area contributed by atoms with Crippen molar-refractivity contribution in [1.82, 2.24) is 0 Å². The summed E-state index contributed by atoms with van der Waals surface area (Å²) in [5.74, 6) is -0.737. The first-order valence-electron chi connectivity index (χ1n) is 12.7. The van der Waals surface area contributed by atoms with Crippen molar-refractivity contribution < 1.29 is 38.0 Å².